The van der Waals surface area contributed by atoms with E-state index in [1.165, 1.54) is 10.4 Å². The largest absolute Gasteiger partial charge is 0.381 e. The van der Waals surface area contributed by atoms with E-state index in [9.17, 15) is 4.79 Å². The minimum absolute atomic E-state index is 0.0440. The highest BCUT2D eigenvalue weighted by atomic mass is 32.2. The number of nitrogens with zero attached hydrogens (tertiary/aromatic N) is 1. The molecule has 0 radical (unpaired) electrons. The van der Waals surface area contributed by atoms with Crippen LogP contribution in [0.2, 0.25) is 0 Å². The van der Waals surface area contributed by atoms with Gasteiger partial charge in [0.25, 0.3) is 0 Å². The number of carbonyl (C=O) groups is 1. The number of hydrogen-bond donors (Lipinski definition) is 0. The Labute approximate surface area is 127 Å². The fourth-order valence-corrected chi connectivity index (χ4v) is 5.99. The summed E-state index contributed by atoms with van der Waals surface area (Å²) in [6, 6.07) is 2.15. The van der Waals surface area contributed by atoms with Gasteiger partial charge in [0.1, 0.15) is 5.25 Å². The van der Waals surface area contributed by atoms with Gasteiger partial charge >= 0.3 is 0 Å². The lowest BCUT2D eigenvalue weighted by Crippen LogP contribution is -2.35. The quantitative estimate of drug-likeness (QED) is 0.799. The Hall–Kier alpha value is -0.520. The summed E-state index contributed by atoms with van der Waals surface area (Å²) < 4.78 is 5.56. The minimum atomic E-state index is 0.0440. The van der Waals surface area contributed by atoms with Gasteiger partial charge in [0.2, 0.25) is 5.91 Å². The van der Waals surface area contributed by atoms with Crippen molar-refractivity contribution in [3.05, 3.63) is 21.9 Å². The van der Waals surface area contributed by atoms with Gasteiger partial charge in [-0.2, -0.15) is 0 Å². The lowest BCUT2D eigenvalue weighted by molar-refractivity contribution is -0.130. The smallest absolute Gasteiger partial charge is 0.240 e. The van der Waals surface area contributed by atoms with E-state index >= 15 is 0 Å². The highest BCUT2D eigenvalue weighted by molar-refractivity contribution is 8.00. The molecule has 3 nitrogen and oxygen atoms in total. The van der Waals surface area contributed by atoms with Crippen LogP contribution in [0.25, 0.3) is 0 Å². The zero-order chi connectivity index (χ0) is 13.6. The zero-order valence-corrected chi connectivity index (χ0v) is 13.1. The van der Waals surface area contributed by atoms with Gasteiger partial charge in [0.05, 0.1) is 6.61 Å². The molecule has 1 aromatic heterocycles. The number of rotatable bonds is 1. The topological polar surface area (TPSA) is 29.5 Å². The van der Waals surface area contributed by atoms with Crippen molar-refractivity contribution < 1.29 is 9.53 Å². The first-order valence-corrected chi connectivity index (χ1v) is 9.25. The third-order valence-corrected chi connectivity index (χ3v) is 7.06. The summed E-state index contributed by atoms with van der Waals surface area (Å²) in [7, 11) is 0. The number of fused-ring (bicyclic) bond motifs is 1. The first-order chi connectivity index (χ1) is 9.77. The van der Waals surface area contributed by atoms with Gasteiger partial charge in [0.15, 0.2) is 0 Å². The maximum atomic E-state index is 12.9. The molecular formula is C15H19NO2S2. The van der Waals surface area contributed by atoms with Crippen molar-refractivity contribution in [1.82, 2.24) is 4.90 Å². The number of thioether (sulfide) groups is 1. The van der Waals surface area contributed by atoms with E-state index in [0.717, 1.165) is 51.3 Å². The molecule has 20 heavy (non-hydrogen) atoms. The first-order valence-electron chi connectivity index (χ1n) is 7.32. The fraction of sp³-hybridized carbons (Fsp3) is 0.667. The number of ether oxygens (including phenoxy) is 1. The van der Waals surface area contributed by atoms with Crippen LogP contribution in [0.1, 0.15) is 28.5 Å². The molecule has 0 aromatic carbocycles. The van der Waals surface area contributed by atoms with Crippen LogP contribution >= 0.6 is 23.1 Å². The molecule has 1 aromatic rings. The number of amides is 1. The highest BCUT2D eigenvalue weighted by Crippen LogP contribution is 2.43. The molecule has 1 spiro atoms. The highest BCUT2D eigenvalue weighted by Gasteiger charge is 2.44. The summed E-state index contributed by atoms with van der Waals surface area (Å²) in [5.74, 6) is 1.41. The molecule has 0 bridgehead atoms. The molecule has 2 saturated heterocycles. The molecular weight excluding hydrogens is 290 g/mol. The Bertz CT molecular complexity index is 522. The van der Waals surface area contributed by atoms with Crippen LogP contribution in [0.3, 0.4) is 0 Å². The van der Waals surface area contributed by atoms with Crippen LogP contribution in [0.5, 0.6) is 0 Å². The lowest BCUT2D eigenvalue weighted by atomic mass is 9.87. The number of aryl methyl sites for hydroxylation is 1. The second-order valence-corrected chi connectivity index (χ2v) is 8.33. The molecule has 3 aliphatic rings. The standard InChI is InChI=1S/C15H19NO2S2/c17-14(13-11-1-7-19-12(11)2-8-20-13)16-5-3-15(9-16)4-6-18-10-15/h1,7,13H,2-6,8-10H2. The van der Waals surface area contributed by atoms with Crippen LogP contribution in [-0.2, 0) is 16.0 Å². The molecule has 4 rings (SSSR count). The average Bonchev–Trinajstić information content (AvgIpc) is 3.19. The molecule has 5 heteroatoms. The molecule has 0 saturated carbocycles. The number of likely N-dealkylation sites (tertiary alicyclic amines) is 1. The van der Waals surface area contributed by atoms with Gasteiger partial charge in [-0.15, -0.1) is 23.1 Å². The first kappa shape index (κ1) is 13.2. The van der Waals surface area contributed by atoms with Crippen molar-refractivity contribution in [3.63, 3.8) is 0 Å². The molecule has 0 aliphatic carbocycles. The molecule has 4 heterocycles. The maximum Gasteiger partial charge on any atom is 0.240 e. The summed E-state index contributed by atoms with van der Waals surface area (Å²) in [6.45, 7) is 3.54. The Balaban J connectivity index is 1.52. The summed E-state index contributed by atoms with van der Waals surface area (Å²) in [6.07, 6.45) is 3.37. The van der Waals surface area contributed by atoms with Gasteiger partial charge in [-0.25, -0.2) is 0 Å². The van der Waals surface area contributed by atoms with Crippen LogP contribution in [0, 0.1) is 5.41 Å². The Morgan fingerprint density at radius 1 is 1.45 bits per heavy atom. The SMILES string of the molecule is O=C(C1SCCc2sccc21)N1CCC2(CCOC2)C1. The van der Waals surface area contributed by atoms with E-state index in [0.29, 0.717) is 5.91 Å². The van der Waals surface area contributed by atoms with Gasteiger partial charge in [-0.1, -0.05) is 0 Å². The normalized spacial score (nSPS) is 32.8. The molecule has 2 fully saturated rings. The van der Waals surface area contributed by atoms with Gasteiger partial charge < -0.3 is 9.64 Å². The molecule has 2 atom stereocenters. The average molecular weight is 309 g/mol. The van der Waals surface area contributed by atoms with E-state index in [4.69, 9.17) is 4.74 Å². The van der Waals surface area contributed by atoms with Crippen molar-refractivity contribution in [2.75, 3.05) is 32.1 Å². The molecule has 108 valence electrons. The van der Waals surface area contributed by atoms with Gasteiger partial charge in [-0.05, 0) is 42.0 Å². The predicted octanol–water partition coefficient (Wildman–Crippen LogP) is 2.72. The molecule has 2 unspecified atom stereocenters. The van der Waals surface area contributed by atoms with Crippen LogP contribution in [0.15, 0.2) is 11.4 Å². The fourth-order valence-electron chi connectivity index (χ4n) is 3.61. The summed E-state index contributed by atoms with van der Waals surface area (Å²) in [5.41, 5.74) is 1.55. The van der Waals surface area contributed by atoms with E-state index in [2.05, 4.69) is 16.3 Å². The van der Waals surface area contributed by atoms with E-state index in [1.54, 1.807) is 11.3 Å². The number of thiophene rings is 1. The summed E-state index contributed by atoms with van der Waals surface area (Å²) >= 11 is 3.62. The van der Waals surface area contributed by atoms with Crippen molar-refractivity contribution >= 4 is 29.0 Å². The minimum Gasteiger partial charge on any atom is -0.381 e. The third kappa shape index (κ3) is 2.11. The molecule has 3 aliphatic heterocycles. The predicted molar refractivity (Wildman–Crippen MR) is 82.3 cm³/mol. The van der Waals surface area contributed by atoms with Crippen molar-refractivity contribution in [1.29, 1.82) is 0 Å². The summed E-state index contributed by atoms with van der Waals surface area (Å²) in [4.78, 5) is 16.4. The number of hydrogen-bond acceptors (Lipinski definition) is 4. The van der Waals surface area contributed by atoms with Crippen LogP contribution < -0.4 is 0 Å². The lowest BCUT2D eigenvalue weighted by Gasteiger charge is -2.27. The van der Waals surface area contributed by atoms with Crippen molar-refractivity contribution in [3.8, 4) is 0 Å². The molecule has 0 N–H and O–H groups in total. The maximum absolute atomic E-state index is 12.9. The van der Waals surface area contributed by atoms with Crippen molar-refractivity contribution in [2.24, 2.45) is 5.41 Å². The zero-order valence-electron chi connectivity index (χ0n) is 11.5. The number of carbonyl (C=O) groups excluding carboxylic acids is 1. The second-order valence-electron chi connectivity index (χ2n) is 6.11. The Morgan fingerprint density at radius 3 is 3.25 bits per heavy atom. The Kier molecular flexibility index (Phi) is 3.32. The van der Waals surface area contributed by atoms with E-state index in [-0.39, 0.29) is 10.7 Å². The molecule has 1 amide bonds. The van der Waals surface area contributed by atoms with E-state index < -0.39 is 0 Å². The van der Waals surface area contributed by atoms with Crippen molar-refractivity contribution in [2.45, 2.75) is 24.5 Å². The second kappa shape index (κ2) is 5.04. The van der Waals surface area contributed by atoms with Gasteiger partial charge in [-0.3, -0.25) is 4.79 Å². The Morgan fingerprint density at radius 2 is 2.40 bits per heavy atom. The van der Waals surface area contributed by atoms with Crippen LogP contribution in [-0.4, -0.2) is 42.9 Å². The monoisotopic (exact) mass is 309 g/mol. The van der Waals surface area contributed by atoms with E-state index in [1.807, 2.05) is 11.8 Å². The van der Waals surface area contributed by atoms with Crippen LogP contribution in [0.4, 0.5) is 0 Å². The van der Waals surface area contributed by atoms with Gasteiger partial charge in [0, 0.05) is 30.0 Å². The third-order valence-electron chi connectivity index (χ3n) is 4.84. The summed E-state index contributed by atoms with van der Waals surface area (Å²) in [5, 5.41) is 2.18.